The van der Waals surface area contributed by atoms with Crippen LogP contribution in [-0.2, 0) is 25.7 Å². The van der Waals surface area contributed by atoms with Crippen molar-refractivity contribution in [2.75, 3.05) is 7.11 Å². The van der Waals surface area contributed by atoms with Gasteiger partial charge in [0.25, 0.3) is 0 Å². The molecule has 0 saturated heterocycles. The molecule has 1 aromatic rings. The summed E-state index contributed by atoms with van der Waals surface area (Å²) >= 11 is 0. The quantitative estimate of drug-likeness (QED) is 0.235. The Morgan fingerprint density at radius 3 is 2.31 bits per heavy atom. The van der Waals surface area contributed by atoms with Gasteiger partial charge in [-0.2, -0.15) is 0 Å². The third-order valence-corrected chi connectivity index (χ3v) is 4.98. The number of hydrogen-bond donors (Lipinski definition) is 2. The van der Waals surface area contributed by atoms with E-state index in [-0.39, 0.29) is 12.5 Å². The monoisotopic (exact) mass is 446 g/mol. The van der Waals surface area contributed by atoms with Gasteiger partial charge in [0.15, 0.2) is 0 Å². The third-order valence-electron chi connectivity index (χ3n) is 4.98. The highest BCUT2D eigenvalue weighted by Gasteiger charge is 2.28. The van der Waals surface area contributed by atoms with Crippen molar-refractivity contribution >= 4 is 18.0 Å². The van der Waals surface area contributed by atoms with Crippen molar-refractivity contribution in [3.05, 3.63) is 48.6 Å². The highest BCUT2D eigenvalue weighted by molar-refractivity contribution is 5.89. The van der Waals surface area contributed by atoms with Gasteiger partial charge in [-0.3, -0.25) is 4.79 Å². The van der Waals surface area contributed by atoms with Crippen LogP contribution in [0.15, 0.2) is 43.0 Å². The summed E-state index contributed by atoms with van der Waals surface area (Å²) < 4.78 is 10.1. The van der Waals surface area contributed by atoms with Crippen LogP contribution in [0.25, 0.3) is 0 Å². The molecule has 0 radical (unpaired) electrons. The van der Waals surface area contributed by atoms with Crippen LogP contribution in [-0.4, -0.2) is 37.2 Å². The minimum absolute atomic E-state index is 0.110. The molecule has 7 heteroatoms. The van der Waals surface area contributed by atoms with Crippen LogP contribution in [0.4, 0.5) is 4.79 Å². The summed E-state index contributed by atoms with van der Waals surface area (Å²) in [7, 11) is 1.30. The SMILES string of the molecule is C=CCCCCCC[C@@H](NC(=O)[C@H](CC(C)C)NC(=O)OCc1ccccc1)C(=O)OC. The molecule has 0 aliphatic rings. The van der Waals surface area contributed by atoms with Crippen LogP contribution in [0.2, 0.25) is 0 Å². The highest BCUT2D eigenvalue weighted by Crippen LogP contribution is 2.11. The zero-order valence-corrected chi connectivity index (χ0v) is 19.6. The van der Waals surface area contributed by atoms with E-state index in [1.54, 1.807) is 0 Å². The van der Waals surface area contributed by atoms with Crippen molar-refractivity contribution in [1.82, 2.24) is 10.6 Å². The summed E-state index contributed by atoms with van der Waals surface area (Å²) in [5.41, 5.74) is 0.853. The van der Waals surface area contributed by atoms with Crippen LogP contribution in [0, 0.1) is 5.92 Å². The van der Waals surface area contributed by atoms with Crippen molar-refractivity contribution in [3.63, 3.8) is 0 Å². The standard InChI is InChI=1S/C25H38N2O5/c1-5-6-7-8-9-13-16-21(24(29)31-4)26-23(28)22(17-19(2)3)27-25(30)32-18-20-14-11-10-12-15-20/h5,10-12,14-15,19,21-22H,1,6-9,13,16-18H2,2-4H3,(H,26,28)(H,27,30)/t21-,22+/m1/s1. The van der Waals surface area contributed by atoms with E-state index in [2.05, 4.69) is 17.2 Å². The first kappa shape index (κ1) is 27.2. The molecule has 0 bridgehead atoms. The van der Waals surface area contributed by atoms with Gasteiger partial charge in [-0.1, -0.05) is 69.5 Å². The predicted molar refractivity (Wildman–Crippen MR) is 125 cm³/mol. The molecular weight excluding hydrogens is 408 g/mol. The van der Waals surface area contributed by atoms with E-state index in [0.29, 0.717) is 12.8 Å². The number of benzene rings is 1. The van der Waals surface area contributed by atoms with Crippen LogP contribution in [0.1, 0.15) is 64.4 Å². The maximum Gasteiger partial charge on any atom is 0.408 e. The molecule has 0 fully saturated rings. The van der Waals surface area contributed by atoms with E-state index in [0.717, 1.165) is 37.7 Å². The number of carbonyl (C=O) groups excluding carboxylic acids is 3. The van der Waals surface area contributed by atoms with E-state index in [4.69, 9.17) is 9.47 Å². The molecule has 0 spiro atoms. The minimum atomic E-state index is -0.807. The second-order valence-corrected chi connectivity index (χ2v) is 8.25. The van der Waals surface area contributed by atoms with E-state index >= 15 is 0 Å². The number of hydrogen-bond acceptors (Lipinski definition) is 5. The maximum absolute atomic E-state index is 12.9. The lowest BCUT2D eigenvalue weighted by Gasteiger charge is -2.23. The Morgan fingerprint density at radius 1 is 1.00 bits per heavy atom. The summed E-state index contributed by atoms with van der Waals surface area (Å²) in [5, 5.41) is 5.39. The number of nitrogens with one attached hydrogen (secondary N) is 2. The Morgan fingerprint density at radius 2 is 1.69 bits per heavy atom. The zero-order chi connectivity index (χ0) is 23.8. The van der Waals surface area contributed by atoms with E-state index in [9.17, 15) is 14.4 Å². The average Bonchev–Trinajstić information content (AvgIpc) is 2.78. The first-order chi connectivity index (χ1) is 15.4. The molecule has 1 aromatic carbocycles. The lowest BCUT2D eigenvalue weighted by atomic mass is 10.0. The first-order valence-corrected chi connectivity index (χ1v) is 11.3. The number of rotatable bonds is 15. The van der Waals surface area contributed by atoms with E-state index in [1.165, 1.54) is 7.11 Å². The highest BCUT2D eigenvalue weighted by atomic mass is 16.5. The third kappa shape index (κ3) is 11.5. The molecule has 0 saturated carbocycles. The maximum atomic E-state index is 12.9. The topological polar surface area (TPSA) is 93.7 Å². The Hall–Kier alpha value is -2.83. The number of unbranched alkanes of at least 4 members (excludes halogenated alkanes) is 4. The molecule has 2 N–H and O–H groups in total. The normalized spacial score (nSPS) is 12.5. The van der Waals surface area contributed by atoms with Gasteiger partial charge in [0.05, 0.1) is 7.11 Å². The number of allylic oxidation sites excluding steroid dienone is 1. The summed E-state index contributed by atoms with van der Waals surface area (Å²) in [5.74, 6) is -0.751. The van der Waals surface area contributed by atoms with Gasteiger partial charge in [-0.05, 0) is 37.2 Å². The van der Waals surface area contributed by atoms with Crippen LogP contribution in [0.3, 0.4) is 0 Å². The fourth-order valence-corrected chi connectivity index (χ4v) is 3.26. The summed E-state index contributed by atoms with van der Waals surface area (Å²) in [4.78, 5) is 37.3. The Bertz CT molecular complexity index is 706. The smallest absolute Gasteiger partial charge is 0.408 e. The molecule has 0 aliphatic carbocycles. The largest absolute Gasteiger partial charge is 0.467 e. The number of ether oxygens (including phenoxy) is 2. The molecule has 178 valence electrons. The number of amides is 2. The van der Waals surface area contributed by atoms with Gasteiger partial charge in [0.2, 0.25) is 5.91 Å². The molecular formula is C25H38N2O5. The first-order valence-electron chi connectivity index (χ1n) is 11.3. The van der Waals surface area contributed by atoms with Gasteiger partial charge < -0.3 is 20.1 Å². The van der Waals surface area contributed by atoms with Gasteiger partial charge in [-0.15, -0.1) is 6.58 Å². The van der Waals surface area contributed by atoms with Crippen LogP contribution in [0.5, 0.6) is 0 Å². The van der Waals surface area contributed by atoms with Crippen molar-refractivity contribution in [2.45, 2.75) is 77.5 Å². The molecule has 0 heterocycles. The van der Waals surface area contributed by atoms with Gasteiger partial charge in [0, 0.05) is 0 Å². The number of esters is 1. The van der Waals surface area contributed by atoms with E-state index < -0.39 is 30.1 Å². The van der Waals surface area contributed by atoms with Crippen LogP contribution >= 0.6 is 0 Å². The Kier molecular flexibility index (Phi) is 13.5. The molecule has 2 atom stereocenters. The number of methoxy groups -OCH3 is 1. The van der Waals surface area contributed by atoms with Gasteiger partial charge >= 0.3 is 12.1 Å². The lowest BCUT2D eigenvalue weighted by Crippen LogP contribution is -2.52. The van der Waals surface area contributed by atoms with Crippen molar-refractivity contribution in [1.29, 1.82) is 0 Å². The molecule has 0 aromatic heterocycles. The predicted octanol–water partition coefficient (Wildman–Crippen LogP) is 4.51. The second kappa shape index (κ2) is 15.9. The minimum Gasteiger partial charge on any atom is -0.467 e. The fraction of sp³-hybridized carbons (Fsp3) is 0.560. The van der Waals surface area contributed by atoms with Gasteiger partial charge in [-0.25, -0.2) is 9.59 Å². The number of alkyl carbamates (subject to hydrolysis) is 1. The number of carbonyl (C=O) groups is 3. The Labute approximate surface area is 191 Å². The molecule has 2 amide bonds. The van der Waals surface area contributed by atoms with Crippen LogP contribution < -0.4 is 10.6 Å². The lowest BCUT2D eigenvalue weighted by molar-refractivity contribution is -0.145. The molecule has 1 rings (SSSR count). The molecule has 7 nitrogen and oxygen atoms in total. The summed E-state index contributed by atoms with van der Waals surface area (Å²) in [6.45, 7) is 7.73. The molecule has 32 heavy (non-hydrogen) atoms. The van der Waals surface area contributed by atoms with Crippen molar-refractivity contribution in [3.8, 4) is 0 Å². The molecule has 0 unspecified atom stereocenters. The second-order valence-electron chi connectivity index (χ2n) is 8.25. The van der Waals surface area contributed by atoms with Crippen molar-refractivity contribution in [2.24, 2.45) is 5.92 Å². The molecule has 0 aliphatic heterocycles. The zero-order valence-electron chi connectivity index (χ0n) is 19.6. The van der Waals surface area contributed by atoms with Crippen molar-refractivity contribution < 1.29 is 23.9 Å². The fourth-order valence-electron chi connectivity index (χ4n) is 3.26. The summed E-state index contributed by atoms with van der Waals surface area (Å²) in [6, 6.07) is 7.75. The van der Waals surface area contributed by atoms with Gasteiger partial charge in [0.1, 0.15) is 18.7 Å². The van der Waals surface area contributed by atoms with E-state index in [1.807, 2.05) is 50.3 Å². The Balaban J connectivity index is 2.63. The summed E-state index contributed by atoms with van der Waals surface area (Å²) in [6.07, 6.45) is 6.94. The average molecular weight is 447 g/mol.